The second-order valence-corrected chi connectivity index (χ2v) is 7.88. The van der Waals surface area contributed by atoms with Gasteiger partial charge in [-0.15, -0.1) is 0 Å². The molecule has 2 aromatic heterocycles. The Kier molecular flexibility index (Phi) is 5.39. The monoisotopic (exact) mass is 406 g/mol. The predicted molar refractivity (Wildman–Crippen MR) is 119 cm³/mol. The number of aliphatic hydroxyl groups is 1. The number of benzene rings is 1. The van der Waals surface area contributed by atoms with E-state index in [0.717, 1.165) is 5.69 Å². The van der Waals surface area contributed by atoms with Crippen LogP contribution in [-0.2, 0) is 0 Å². The number of para-hydroxylation sites is 1. The number of pyridine rings is 1. The smallest absolute Gasteiger partial charge is 0.170 e. The highest BCUT2D eigenvalue weighted by Crippen LogP contribution is 2.41. The summed E-state index contributed by atoms with van der Waals surface area (Å²) in [5.41, 5.74) is 6.91. The Balaban J connectivity index is 1.85. The van der Waals surface area contributed by atoms with Crippen LogP contribution in [0, 0.1) is 20.8 Å². The summed E-state index contributed by atoms with van der Waals surface area (Å²) < 4.78 is 2.30. The number of aromatic nitrogens is 2. The molecular formula is C23H26N4OS. The molecule has 6 heteroatoms. The Hall–Kier alpha value is -2.70. The van der Waals surface area contributed by atoms with Crippen molar-refractivity contribution in [2.75, 3.05) is 13.2 Å². The molecule has 29 heavy (non-hydrogen) atoms. The lowest BCUT2D eigenvalue weighted by atomic mass is 9.97. The zero-order valence-corrected chi connectivity index (χ0v) is 17.8. The van der Waals surface area contributed by atoms with E-state index in [2.05, 4.69) is 70.9 Å². The van der Waals surface area contributed by atoms with Gasteiger partial charge in [0.25, 0.3) is 0 Å². The molecule has 0 spiro atoms. The van der Waals surface area contributed by atoms with Gasteiger partial charge >= 0.3 is 0 Å². The van der Waals surface area contributed by atoms with Gasteiger partial charge in [-0.25, -0.2) is 0 Å². The second-order valence-electron chi connectivity index (χ2n) is 7.49. The van der Waals surface area contributed by atoms with Crippen LogP contribution in [0.3, 0.4) is 0 Å². The summed E-state index contributed by atoms with van der Waals surface area (Å²) in [6, 6.07) is 16.5. The average Bonchev–Trinajstić information content (AvgIpc) is 3.19. The Morgan fingerprint density at radius 3 is 2.55 bits per heavy atom. The van der Waals surface area contributed by atoms with E-state index >= 15 is 0 Å². The Labute approximate surface area is 177 Å². The molecule has 0 saturated carbocycles. The summed E-state index contributed by atoms with van der Waals surface area (Å²) in [5.74, 6) is 0. The van der Waals surface area contributed by atoms with Crippen molar-refractivity contribution in [3.05, 3.63) is 82.9 Å². The van der Waals surface area contributed by atoms with Gasteiger partial charge in [-0.3, -0.25) is 4.98 Å². The van der Waals surface area contributed by atoms with Gasteiger partial charge in [0.1, 0.15) is 0 Å². The van der Waals surface area contributed by atoms with Crippen molar-refractivity contribution in [1.82, 2.24) is 19.8 Å². The lowest BCUT2D eigenvalue weighted by Crippen LogP contribution is -2.32. The van der Waals surface area contributed by atoms with Gasteiger partial charge in [-0.2, -0.15) is 0 Å². The molecule has 3 aromatic rings. The fourth-order valence-corrected chi connectivity index (χ4v) is 4.70. The van der Waals surface area contributed by atoms with Gasteiger partial charge < -0.3 is 19.9 Å². The molecule has 1 fully saturated rings. The maximum absolute atomic E-state index is 9.66. The molecule has 0 unspecified atom stereocenters. The average molecular weight is 407 g/mol. The number of hydrogen-bond acceptors (Lipinski definition) is 3. The summed E-state index contributed by atoms with van der Waals surface area (Å²) in [4.78, 5) is 6.66. The first-order chi connectivity index (χ1) is 14.0. The van der Waals surface area contributed by atoms with Crippen LogP contribution >= 0.6 is 12.2 Å². The van der Waals surface area contributed by atoms with Crippen molar-refractivity contribution in [3.63, 3.8) is 0 Å². The number of aliphatic hydroxyl groups excluding tert-OH is 1. The Morgan fingerprint density at radius 2 is 1.86 bits per heavy atom. The minimum absolute atomic E-state index is 0.0338. The minimum Gasteiger partial charge on any atom is -0.395 e. The molecule has 150 valence electrons. The van der Waals surface area contributed by atoms with Crippen LogP contribution in [-0.4, -0.2) is 37.8 Å². The molecule has 3 heterocycles. The molecule has 4 rings (SSSR count). The summed E-state index contributed by atoms with van der Waals surface area (Å²) >= 11 is 5.63. The Morgan fingerprint density at radius 1 is 1.10 bits per heavy atom. The van der Waals surface area contributed by atoms with Gasteiger partial charge in [0.05, 0.1) is 24.4 Å². The minimum atomic E-state index is -0.0685. The first-order valence-corrected chi connectivity index (χ1v) is 10.3. The van der Waals surface area contributed by atoms with E-state index in [1.54, 1.807) is 0 Å². The normalized spacial score (nSPS) is 18.9. The van der Waals surface area contributed by atoms with Crippen LogP contribution in [0.15, 0.2) is 54.7 Å². The number of nitrogens with one attached hydrogen (secondary N) is 1. The first-order valence-electron chi connectivity index (χ1n) is 9.86. The van der Waals surface area contributed by atoms with E-state index in [4.69, 9.17) is 12.2 Å². The quantitative estimate of drug-likeness (QED) is 0.632. The molecule has 2 atom stereocenters. The van der Waals surface area contributed by atoms with Crippen molar-refractivity contribution in [2.24, 2.45) is 0 Å². The second kappa shape index (κ2) is 7.97. The van der Waals surface area contributed by atoms with Gasteiger partial charge in [-0.1, -0.05) is 24.3 Å². The van der Waals surface area contributed by atoms with Gasteiger partial charge in [0.15, 0.2) is 5.11 Å². The number of nitrogens with zero attached hydrogens (tertiary/aromatic N) is 3. The van der Waals surface area contributed by atoms with Crippen molar-refractivity contribution >= 4 is 17.3 Å². The van der Waals surface area contributed by atoms with Crippen LogP contribution in [0.2, 0.25) is 0 Å². The van der Waals surface area contributed by atoms with Gasteiger partial charge in [0, 0.05) is 29.8 Å². The van der Waals surface area contributed by atoms with Crippen molar-refractivity contribution in [3.8, 4) is 5.69 Å². The van der Waals surface area contributed by atoms with E-state index in [1.165, 1.54) is 28.2 Å². The number of thiocarbonyl (C=S) groups is 1. The van der Waals surface area contributed by atoms with Crippen molar-refractivity contribution in [2.45, 2.75) is 32.9 Å². The molecule has 1 aliphatic heterocycles. The SMILES string of the molecule is Cc1ccccc1-n1c(C)cc([C@H]2[C@H](c3ccccn3)NC(=S)N2CCO)c1C. The molecule has 1 saturated heterocycles. The van der Waals surface area contributed by atoms with Gasteiger partial charge in [0.2, 0.25) is 0 Å². The van der Waals surface area contributed by atoms with Crippen LogP contribution in [0.5, 0.6) is 0 Å². The van der Waals surface area contributed by atoms with E-state index in [1.807, 2.05) is 24.4 Å². The van der Waals surface area contributed by atoms with E-state index < -0.39 is 0 Å². The third kappa shape index (κ3) is 3.43. The molecule has 5 nitrogen and oxygen atoms in total. The topological polar surface area (TPSA) is 53.3 Å². The summed E-state index contributed by atoms with van der Waals surface area (Å²) in [7, 11) is 0. The number of rotatable bonds is 5. The lowest BCUT2D eigenvalue weighted by Gasteiger charge is -2.27. The molecule has 2 N–H and O–H groups in total. The summed E-state index contributed by atoms with van der Waals surface area (Å²) in [6.45, 7) is 6.95. The molecule has 0 aliphatic carbocycles. The molecule has 1 aromatic carbocycles. The molecule has 0 bridgehead atoms. The standard InChI is InChI=1S/C23H26N4OS/c1-15-8-4-5-10-20(15)27-16(2)14-18(17(27)3)22-21(19-9-6-7-11-24-19)25-23(29)26(22)12-13-28/h4-11,14,21-22,28H,12-13H2,1-3H3,(H,25,29)/t21-,22-/m0/s1. The molecule has 0 radical (unpaired) electrons. The number of aryl methyl sites for hydroxylation is 2. The zero-order valence-electron chi connectivity index (χ0n) is 17.0. The molecular weight excluding hydrogens is 380 g/mol. The van der Waals surface area contributed by atoms with Crippen LogP contribution in [0.25, 0.3) is 5.69 Å². The van der Waals surface area contributed by atoms with Crippen LogP contribution < -0.4 is 5.32 Å². The highest BCUT2D eigenvalue weighted by molar-refractivity contribution is 7.80. The number of β-amino-alcohol motifs (C(OH)–C–C–N with tert-alkyl or cyclic N) is 1. The maximum Gasteiger partial charge on any atom is 0.170 e. The van der Waals surface area contributed by atoms with Crippen molar-refractivity contribution < 1.29 is 5.11 Å². The fraction of sp³-hybridized carbons (Fsp3) is 0.304. The van der Waals surface area contributed by atoms with E-state index in [0.29, 0.717) is 11.7 Å². The maximum atomic E-state index is 9.66. The largest absolute Gasteiger partial charge is 0.395 e. The zero-order chi connectivity index (χ0) is 20.5. The fourth-order valence-electron chi connectivity index (χ4n) is 4.36. The molecule has 1 aliphatic rings. The Bertz CT molecular complexity index is 1030. The van der Waals surface area contributed by atoms with Gasteiger partial charge in [-0.05, 0) is 68.4 Å². The lowest BCUT2D eigenvalue weighted by molar-refractivity contribution is 0.223. The van der Waals surface area contributed by atoms with Crippen LogP contribution in [0.1, 0.15) is 40.3 Å². The third-order valence-electron chi connectivity index (χ3n) is 5.68. The first kappa shape index (κ1) is 19.6. The van der Waals surface area contributed by atoms with E-state index in [-0.39, 0.29) is 18.7 Å². The summed E-state index contributed by atoms with van der Waals surface area (Å²) in [6.07, 6.45) is 1.81. The highest BCUT2D eigenvalue weighted by atomic mass is 32.1. The van der Waals surface area contributed by atoms with Crippen LogP contribution in [0.4, 0.5) is 0 Å². The highest BCUT2D eigenvalue weighted by Gasteiger charge is 2.41. The molecule has 0 amide bonds. The summed E-state index contributed by atoms with van der Waals surface area (Å²) in [5, 5.41) is 13.7. The third-order valence-corrected chi connectivity index (χ3v) is 6.04. The van der Waals surface area contributed by atoms with E-state index in [9.17, 15) is 5.11 Å². The number of hydrogen-bond donors (Lipinski definition) is 2. The van der Waals surface area contributed by atoms with Crippen molar-refractivity contribution in [1.29, 1.82) is 0 Å². The predicted octanol–water partition coefficient (Wildman–Crippen LogP) is 3.76.